The van der Waals surface area contributed by atoms with Crippen molar-refractivity contribution >= 4 is 24.0 Å². The van der Waals surface area contributed by atoms with E-state index >= 15 is 0 Å². The van der Waals surface area contributed by atoms with Gasteiger partial charge in [0.1, 0.15) is 11.5 Å². The van der Waals surface area contributed by atoms with E-state index in [-0.39, 0.29) is 17.5 Å². The second-order valence-electron chi connectivity index (χ2n) is 7.62. The van der Waals surface area contributed by atoms with Crippen LogP contribution in [-0.2, 0) is 17.8 Å². The Hall–Kier alpha value is -3.42. The Labute approximate surface area is 181 Å². The Morgan fingerprint density at radius 2 is 1.84 bits per heavy atom. The summed E-state index contributed by atoms with van der Waals surface area (Å²) in [5.74, 6) is -0.411. The summed E-state index contributed by atoms with van der Waals surface area (Å²) in [6.45, 7) is 5.09. The van der Waals surface area contributed by atoms with Gasteiger partial charge >= 0.3 is 12.0 Å². The molecule has 0 bridgehead atoms. The van der Waals surface area contributed by atoms with Gasteiger partial charge in [0.25, 0.3) is 5.91 Å². The van der Waals surface area contributed by atoms with Crippen LogP contribution in [0, 0.1) is 0 Å². The Morgan fingerprint density at radius 1 is 1.13 bits per heavy atom. The van der Waals surface area contributed by atoms with Crippen molar-refractivity contribution in [2.24, 2.45) is 0 Å². The van der Waals surface area contributed by atoms with Gasteiger partial charge in [0.2, 0.25) is 0 Å². The molecule has 0 radical (unpaired) electrons. The average Bonchev–Trinajstić information content (AvgIpc) is 3.21. The van der Waals surface area contributed by atoms with Crippen LogP contribution in [0.25, 0.3) is 6.08 Å². The lowest BCUT2D eigenvalue weighted by molar-refractivity contribution is -0.122. The highest BCUT2D eigenvalue weighted by Gasteiger charge is 2.38. The highest BCUT2D eigenvalue weighted by Crippen LogP contribution is 2.24. The van der Waals surface area contributed by atoms with E-state index < -0.39 is 5.97 Å². The van der Waals surface area contributed by atoms with Crippen LogP contribution < -0.4 is 0 Å². The topological polar surface area (TPSA) is 95.7 Å². The van der Waals surface area contributed by atoms with Gasteiger partial charge in [0, 0.05) is 26.6 Å². The van der Waals surface area contributed by atoms with Gasteiger partial charge in [-0.3, -0.25) is 14.6 Å². The summed E-state index contributed by atoms with van der Waals surface area (Å²) in [6, 6.07) is 6.40. The normalized spacial score (nSPS) is 15.4. The molecule has 0 spiro atoms. The van der Waals surface area contributed by atoms with Crippen LogP contribution in [0.15, 0.2) is 36.2 Å². The van der Waals surface area contributed by atoms with Crippen LogP contribution in [-0.4, -0.2) is 56.0 Å². The van der Waals surface area contributed by atoms with Crippen molar-refractivity contribution in [2.45, 2.75) is 46.1 Å². The molecule has 0 aliphatic carbocycles. The van der Waals surface area contributed by atoms with Crippen molar-refractivity contribution in [3.05, 3.63) is 58.8 Å². The minimum atomic E-state index is -0.966. The quantitative estimate of drug-likeness (QED) is 0.490. The van der Waals surface area contributed by atoms with E-state index in [1.807, 2.05) is 11.5 Å². The van der Waals surface area contributed by atoms with Gasteiger partial charge in [0.05, 0.1) is 17.5 Å². The number of rotatable bonds is 9. The van der Waals surface area contributed by atoms with Gasteiger partial charge in [-0.05, 0) is 36.6 Å². The van der Waals surface area contributed by atoms with Crippen LogP contribution in [0.4, 0.5) is 4.79 Å². The SMILES string of the molecule is CCCCN1C(=O)N(C)C(=O)/C1=C/c1cnc(CCC)n1Cc1ccc(C(=O)O)cc1. The van der Waals surface area contributed by atoms with Gasteiger partial charge in [-0.2, -0.15) is 0 Å². The van der Waals surface area contributed by atoms with Crippen molar-refractivity contribution in [1.29, 1.82) is 0 Å². The highest BCUT2D eigenvalue weighted by atomic mass is 16.4. The predicted molar refractivity (Wildman–Crippen MR) is 116 cm³/mol. The molecule has 2 aromatic rings. The maximum atomic E-state index is 12.7. The van der Waals surface area contributed by atoms with Gasteiger partial charge in [-0.1, -0.05) is 32.4 Å². The van der Waals surface area contributed by atoms with E-state index in [1.54, 1.807) is 36.5 Å². The summed E-state index contributed by atoms with van der Waals surface area (Å²) in [4.78, 5) is 43.5. The van der Waals surface area contributed by atoms with Crippen molar-refractivity contribution in [3.63, 3.8) is 0 Å². The van der Waals surface area contributed by atoms with Crippen LogP contribution in [0.3, 0.4) is 0 Å². The number of imide groups is 1. The largest absolute Gasteiger partial charge is 0.478 e. The van der Waals surface area contributed by atoms with E-state index in [4.69, 9.17) is 5.11 Å². The number of imidazole rings is 1. The standard InChI is InChI=1S/C23H28N4O4/c1-4-6-12-26-19(21(28)25(3)23(26)31)13-18-14-24-20(7-5-2)27(18)15-16-8-10-17(11-9-16)22(29)30/h8-11,13-14H,4-7,12,15H2,1-3H3,(H,29,30)/b19-13-. The number of hydrogen-bond donors (Lipinski definition) is 1. The predicted octanol–water partition coefficient (Wildman–Crippen LogP) is 3.62. The molecule has 1 saturated heterocycles. The molecule has 1 aliphatic rings. The molecule has 1 aromatic carbocycles. The summed E-state index contributed by atoms with van der Waals surface area (Å²) in [7, 11) is 1.49. The molecule has 1 N–H and O–H groups in total. The maximum Gasteiger partial charge on any atom is 0.335 e. The van der Waals surface area contributed by atoms with Crippen LogP contribution in [0.2, 0.25) is 0 Å². The number of aryl methyl sites for hydroxylation is 1. The molecule has 8 heteroatoms. The summed E-state index contributed by atoms with van der Waals surface area (Å²) in [5.41, 5.74) is 2.24. The van der Waals surface area contributed by atoms with E-state index in [0.717, 1.165) is 47.7 Å². The molecule has 3 rings (SSSR count). The molecule has 31 heavy (non-hydrogen) atoms. The number of urea groups is 1. The molecule has 0 unspecified atom stereocenters. The number of hydrogen-bond acceptors (Lipinski definition) is 4. The number of carbonyl (C=O) groups is 3. The fourth-order valence-electron chi connectivity index (χ4n) is 3.56. The monoisotopic (exact) mass is 424 g/mol. The summed E-state index contributed by atoms with van der Waals surface area (Å²) >= 11 is 0. The number of carboxylic acids is 1. The van der Waals surface area contributed by atoms with Gasteiger partial charge in [-0.25, -0.2) is 14.6 Å². The molecule has 1 fully saturated rings. The number of likely N-dealkylation sites (N-methyl/N-ethyl adjacent to an activating group) is 1. The van der Waals surface area contributed by atoms with Crippen LogP contribution in [0.1, 0.15) is 60.5 Å². The first-order valence-corrected chi connectivity index (χ1v) is 10.5. The average molecular weight is 425 g/mol. The number of carboxylic acid groups (broad SMARTS) is 1. The van der Waals surface area contributed by atoms with Gasteiger partial charge in [-0.15, -0.1) is 0 Å². The minimum Gasteiger partial charge on any atom is -0.478 e. The third-order valence-corrected chi connectivity index (χ3v) is 5.34. The van der Waals surface area contributed by atoms with Gasteiger partial charge in [0.15, 0.2) is 0 Å². The summed E-state index contributed by atoms with van der Waals surface area (Å²) in [6.07, 6.45) is 6.85. The summed E-state index contributed by atoms with van der Waals surface area (Å²) in [5, 5.41) is 9.11. The molecule has 1 aliphatic heterocycles. The third-order valence-electron chi connectivity index (χ3n) is 5.34. The van der Waals surface area contributed by atoms with E-state index in [2.05, 4.69) is 11.9 Å². The fraction of sp³-hybridized carbons (Fsp3) is 0.391. The number of amides is 3. The zero-order chi connectivity index (χ0) is 22.5. The molecule has 1 aromatic heterocycles. The molecule has 2 heterocycles. The lowest BCUT2D eigenvalue weighted by Gasteiger charge is -2.16. The smallest absolute Gasteiger partial charge is 0.335 e. The van der Waals surface area contributed by atoms with Crippen LogP contribution >= 0.6 is 0 Å². The Morgan fingerprint density at radius 3 is 2.45 bits per heavy atom. The zero-order valence-electron chi connectivity index (χ0n) is 18.2. The van der Waals surface area contributed by atoms with Gasteiger partial charge < -0.3 is 9.67 Å². The number of aromatic carboxylic acids is 1. The van der Waals surface area contributed by atoms with Crippen molar-refractivity contribution in [1.82, 2.24) is 19.4 Å². The number of carbonyl (C=O) groups excluding carboxylic acids is 2. The number of benzene rings is 1. The molecule has 3 amide bonds. The molecule has 164 valence electrons. The van der Waals surface area contributed by atoms with Crippen molar-refractivity contribution in [3.8, 4) is 0 Å². The fourth-order valence-corrected chi connectivity index (χ4v) is 3.56. The molecule has 0 saturated carbocycles. The van der Waals surface area contributed by atoms with E-state index in [1.165, 1.54) is 11.9 Å². The Balaban J connectivity index is 1.98. The highest BCUT2D eigenvalue weighted by molar-refractivity contribution is 6.13. The maximum absolute atomic E-state index is 12.7. The first-order chi connectivity index (χ1) is 14.9. The first-order valence-electron chi connectivity index (χ1n) is 10.5. The third kappa shape index (κ3) is 4.68. The molecular formula is C23H28N4O4. The van der Waals surface area contributed by atoms with E-state index in [9.17, 15) is 14.4 Å². The molecular weight excluding hydrogens is 396 g/mol. The van der Waals surface area contributed by atoms with Crippen molar-refractivity contribution < 1.29 is 19.5 Å². The Kier molecular flexibility index (Phi) is 6.89. The second kappa shape index (κ2) is 9.59. The first kappa shape index (κ1) is 22.3. The lowest BCUT2D eigenvalue weighted by Crippen LogP contribution is -2.30. The van der Waals surface area contributed by atoms with Crippen molar-refractivity contribution in [2.75, 3.05) is 13.6 Å². The zero-order valence-corrected chi connectivity index (χ0v) is 18.2. The van der Waals surface area contributed by atoms with Crippen LogP contribution in [0.5, 0.6) is 0 Å². The molecule has 8 nitrogen and oxygen atoms in total. The Bertz CT molecular complexity index is 1010. The minimum absolute atomic E-state index is 0.232. The number of unbranched alkanes of at least 4 members (excludes halogenated alkanes) is 1. The number of aromatic nitrogens is 2. The lowest BCUT2D eigenvalue weighted by atomic mass is 10.1. The van der Waals surface area contributed by atoms with E-state index in [0.29, 0.717) is 18.8 Å². The summed E-state index contributed by atoms with van der Waals surface area (Å²) < 4.78 is 2.01. The second-order valence-corrected chi connectivity index (χ2v) is 7.62. The number of nitrogens with zero attached hydrogens (tertiary/aromatic N) is 4. The molecule has 0 atom stereocenters.